The number of carbonyl (C=O) groups is 1. The number of hydrogen-bond acceptors (Lipinski definition) is 2. The second-order valence-corrected chi connectivity index (χ2v) is 4.53. The van der Waals surface area contributed by atoms with Crippen molar-refractivity contribution in [2.75, 3.05) is 26.7 Å². The molecule has 0 bridgehead atoms. The summed E-state index contributed by atoms with van der Waals surface area (Å²) in [5.74, 6) is 0.166. The van der Waals surface area contributed by atoms with Crippen molar-refractivity contribution in [3.63, 3.8) is 0 Å². The first kappa shape index (κ1) is 13.4. The largest absolute Gasteiger partial charge is 0.345 e. The molecule has 0 rings (SSSR count). The highest BCUT2D eigenvalue weighted by Gasteiger charge is 2.15. The van der Waals surface area contributed by atoms with E-state index in [0.29, 0.717) is 6.54 Å². The maximum atomic E-state index is 11.4. The Morgan fingerprint density at radius 2 is 1.93 bits per heavy atom. The van der Waals surface area contributed by atoms with Crippen molar-refractivity contribution in [3.05, 3.63) is 0 Å². The maximum absolute atomic E-state index is 11.4. The molecular weight excluding hydrogens is 176 g/mol. The zero-order valence-electron chi connectivity index (χ0n) is 10.2. The standard InChI is InChI=1S/C11H24N2O/c1-6-11(3,4)9-12-8-10(14)13(5)7-2/h12H,6-9H2,1-5H3. The summed E-state index contributed by atoms with van der Waals surface area (Å²) in [4.78, 5) is 13.1. The lowest BCUT2D eigenvalue weighted by molar-refractivity contribution is -0.128. The summed E-state index contributed by atoms with van der Waals surface area (Å²) < 4.78 is 0. The normalized spacial score (nSPS) is 11.5. The molecular formula is C11H24N2O. The lowest BCUT2D eigenvalue weighted by atomic mass is 9.90. The first-order valence-corrected chi connectivity index (χ1v) is 5.37. The summed E-state index contributed by atoms with van der Waals surface area (Å²) in [6.07, 6.45) is 1.12. The van der Waals surface area contributed by atoms with E-state index in [9.17, 15) is 4.79 Å². The summed E-state index contributed by atoms with van der Waals surface area (Å²) >= 11 is 0. The second kappa shape index (κ2) is 6.02. The van der Waals surface area contributed by atoms with Gasteiger partial charge in [0.25, 0.3) is 0 Å². The van der Waals surface area contributed by atoms with Crippen LogP contribution >= 0.6 is 0 Å². The van der Waals surface area contributed by atoms with Gasteiger partial charge in [-0.2, -0.15) is 0 Å². The first-order valence-electron chi connectivity index (χ1n) is 5.37. The van der Waals surface area contributed by atoms with Crippen LogP contribution < -0.4 is 5.32 Å². The molecule has 14 heavy (non-hydrogen) atoms. The summed E-state index contributed by atoms with van der Waals surface area (Å²) in [6, 6.07) is 0. The lowest BCUT2D eigenvalue weighted by Gasteiger charge is -2.23. The van der Waals surface area contributed by atoms with E-state index in [1.165, 1.54) is 0 Å². The van der Waals surface area contributed by atoms with Crippen LogP contribution in [0.1, 0.15) is 34.1 Å². The van der Waals surface area contributed by atoms with Crippen molar-refractivity contribution >= 4 is 5.91 Å². The van der Waals surface area contributed by atoms with Gasteiger partial charge in [0.05, 0.1) is 6.54 Å². The summed E-state index contributed by atoms with van der Waals surface area (Å²) in [5.41, 5.74) is 0.283. The van der Waals surface area contributed by atoms with Gasteiger partial charge in [0.2, 0.25) is 5.91 Å². The van der Waals surface area contributed by atoms with E-state index >= 15 is 0 Å². The molecule has 0 atom stereocenters. The van der Waals surface area contributed by atoms with Gasteiger partial charge < -0.3 is 10.2 Å². The topological polar surface area (TPSA) is 32.3 Å². The molecule has 0 aliphatic rings. The van der Waals surface area contributed by atoms with Gasteiger partial charge in [-0.1, -0.05) is 20.8 Å². The van der Waals surface area contributed by atoms with Crippen LogP contribution in [0.2, 0.25) is 0 Å². The van der Waals surface area contributed by atoms with Gasteiger partial charge in [0.1, 0.15) is 0 Å². The van der Waals surface area contributed by atoms with Gasteiger partial charge in [-0.05, 0) is 18.8 Å². The van der Waals surface area contributed by atoms with E-state index in [1.807, 2.05) is 14.0 Å². The number of likely N-dealkylation sites (N-methyl/N-ethyl adjacent to an activating group) is 1. The molecule has 84 valence electrons. The lowest BCUT2D eigenvalue weighted by Crippen LogP contribution is -2.38. The van der Waals surface area contributed by atoms with Gasteiger partial charge in [-0.3, -0.25) is 4.79 Å². The molecule has 0 saturated heterocycles. The Bertz CT molecular complexity index is 178. The number of carbonyl (C=O) groups excluding carboxylic acids is 1. The second-order valence-electron chi connectivity index (χ2n) is 4.53. The Labute approximate surface area is 87.9 Å². The Hall–Kier alpha value is -0.570. The fraction of sp³-hybridized carbons (Fsp3) is 0.909. The minimum absolute atomic E-state index is 0.166. The van der Waals surface area contributed by atoms with Gasteiger partial charge in [-0.25, -0.2) is 0 Å². The van der Waals surface area contributed by atoms with Crippen molar-refractivity contribution < 1.29 is 4.79 Å². The summed E-state index contributed by atoms with van der Waals surface area (Å²) in [6.45, 7) is 10.7. The SMILES string of the molecule is CCN(C)C(=O)CNCC(C)(C)CC. The van der Waals surface area contributed by atoms with Crippen LogP contribution in [-0.2, 0) is 4.79 Å². The van der Waals surface area contributed by atoms with Crippen molar-refractivity contribution in [2.45, 2.75) is 34.1 Å². The summed E-state index contributed by atoms with van der Waals surface area (Å²) in [5, 5.41) is 3.20. The van der Waals surface area contributed by atoms with Crippen molar-refractivity contribution in [1.82, 2.24) is 10.2 Å². The number of nitrogens with one attached hydrogen (secondary N) is 1. The highest BCUT2D eigenvalue weighted by molar-refractivity contribution is 5.77. The number of amides is 1. The number of nitrogens with zero attached hydrogens (tertiary/aromatic N) is 1. The van der Waals surface area contributed by atoms with Crippen LogP contribution in [0.25, 0.3) is 0 Å². The molecule has 0 heterocycles. The molecule has 0 aliphatic carbocycles. The third kappa shape index (κ3) is 5.22. The van der Waals surface area contributed by atoms with Crippen molar-refractivity contribution in [1.29, 1.82) is 0 Å². The third-order valence-corrected chi connectivity index (χ3v) is 2.74. The zero-order valence-corrected chi connectivity index (χ0v) is 10.2. The Balaban J connectivity index is 3.69. The van der Waals surface area contributed by atoms with Crippen LogP contribution in [0.15, 0.2) is 0 Å². The van der Waals surface area contributed by atoms with Crippen LogP contribution in [-0.4, -0.2) is 37.5 Å². The molecule has 0 aromatic heterocycles. The zero-order chi connectivity index (χ0) is 11.2. The molecule has 1 amide bonds. The van der Waals surface area contributed by atoms with Crippen LogP contribution in [0.3, 0.4) is 0 Å². The van der Waals surface area contributed by atoms with E-state index in [0.717, 1.165) is 19.5 Å². The van der Waals surface area contributed by atoms with Crippen molar-refractivity contribution in [2.24, 2.45) is 5.41 Å². The summed E-state index contributed by atoms with van der Waals surface area (Å²) in [7, 11) is 1.83. The maximum Gasteiger partial charge on any atom is 0.236 e. The van der Waals surface area contributed by atoms with Crippen LogP contribution in [0.5, 0.6) is 0 Å². The van der Waals surface area contributed by atoms with Crippen LogP contribution in [0, 0.1) is 5.41 Å². The Morgan fingerprint density at radius 3 is 2.36 bits per heavy atom. The quantitative estimate of drug-likeness (QED) is 0.704. The molecule has 0 fully saturated rings. The van der Waals surface area contributed by atoms with Gasteiger partial charge in [0, 0.05) is 20.1 Å². The first-order chi connectivity index (χ1) is 6.43. The van der Waals surface area contributed by atoms with E-state index in [2.05, 4.69) is 26.1 Å². The average molecular weight is 200 g/mol. The Kier molecular flexibility index (Phi) is 5.77. The van der Waals surface area contributed by atoms with Crippen molar-refractivity contribution in [3.8, 4) is 0 Å². The third-order valence-electron chi connectivity index (χ3n) is 2.74. The fourth-order valence-corrected chi connectivity index (χ4v) is 0.944. The molecule has 0 aromatic carbocycles. The molecule has 0 aliphatic heterocycles. The minimum Gasteiger partial charge on any atom is -0.345 e. The predicted octanol–water partition coefficient (Wildman–Crippen LogP) is 1.49. The number of hydrogen-bond donors (Lipinski definition) is 1. The van der Waals surface area contributed by atoms with E-state index in [-0.39, 0.29) is 11.3 Å². The van der Waals surface area contributed by atoms with E-state index < -0.39 is 0 Å². The number of rotatable bonds is 6. The van der Waals surface area contributed by atoms with Crippen LogP contribution in [0.4, 0.5) is 0 Å². The smallest absolute Gasteiger partial charge is 0.236 e. The fourth-order valence-electron chi connectivity index (χ4n) is 0.944. The van der Waals surface area contributed by atoms with E-state index in [4.69, 9.17) is 0 Å². The highest BCUT2D eigenvalue weighted by Crippen LogP contribution is 2.17. The molecule has 1 N–H and O–H groups in total. The molecule has 0 radical (unpaired) electrons. The molecule has 0 spiro atoms. The molecule has 3 nitrogen and oxygen atoms in total. The van der Waals surface area contributed by atoms with Gasteiger partial charge in [-0.15, -0.1) is 0 Å². The van der Waals surface area contributed by atoms with Gasteiger partial charge >= 0.3 is 0 Å². The highest BCUT2D eigenvalue weighted by atomic mass is 16.2. The molecule has 0 unspecified atom stereocenters. The molecule has 0 saturated carbocycles. The predicted molar refractivity (Wildman–Crippen MR) is 60.3 cm³/mol. The molecule has 0 aromatic rings. The monoisotopic (exact) mass is 200 g/mol. The van der Waals surface area contributed by atoms with E-state index in [1.54, 1.807) is 4.90 Å². The Morgan fingerprint density at radius 1 is 1.36 bits per heavy atom. The minimum atomic E-state index is 0.166. The molecule has 3 heteroatoms. The van der Waals surface area contributed by atoms with Gasteiger partial charge in [0.15, 0.2) is 0 Å². The average Bonchev–Trinajstić information content (AvgIpc) is 2.16.